The minimum absolute atomic E-state index is 0.459. The van der Waals surface area contributed by atoms with Gasteiger partial charge in [0.2, 0.25) is 0 Å². The van der Waals surface area contributed by atoms with Crippen LogP contribution in [0.4, 0.5) is 0 Å². The highest BCUT2D eigenvalue weighted by atomic mass is 35.5. The number of ether oxygens (including phenoxy) is 1. The number of carbonyl (C=O) groups excluding carboxylic acids is 1. The predicted molar refractivity (Wildman–Crippen MR) is 87.2 cm³/mol. The highest BCUT2D eigenvalue weighted by molar-refractivity contribution is 6.30. The third-order valence-corrected chi connectivity index (χ3v) is 5.16. The van der Waals surface area contributed by atoms with E-state index in [4.69, 9.17) is 26.6 Å². The topological polar surface area (TPSA) is 81.6 Å². The fourth-order valence-electron chi connectivity index (χ4n) is 3.72. The molecule has 0 aliphatic carbocycles. The lowest BCUT2D eigenvalue weighted by Crippen LogP contribution is -2.42. The molecular weight excluding hydrogens is 330 g/mol. The van der Waals surface area contributed by atoms with Crippen molar-refractivity contribution in [2.75, 3.05) is 13.1 Å². The molecule has 1 saturated heterocycles. The van der Waals surface area contributed by atoms with Crippen molar-refractivity contribution in [3.8, 4) is 0 Å². The number of hydrogen-bond acceptors (Lipinski definition) is 5. The third-order valence-electron chi connectivity index (χ3n) is 4.92. The number of primary amides is 1. The second-order valence-electron chi connectivity index (χ2n) is 6.38. The summed E-state index contributed by atoms with van der Waals surface area (Å²) in [6, 6.07) is 7.40. The molecule has 1 aromatic heterocycles. The zero-order valence-electron chi connectivity index (χ0n) is 13.1. The van der Waals surface area contributed by atoms with Crippen molar-refractivity contribution < 1.29 is 14.1 Å². The first-order chi connectivity index (χ1) is 11.6. The highest BCUT2D eigenvalue weighted by Crippen LogP contribution is 2.50. The maximum atomic E-state index is 11.8. The first-order valence-corrected chi connectivity index (χ1v) is 8.34. The lowest BCUT2D eigenvalue weighted by Gasteiger charge is -2.39. The van der Waals surface area contributed by atoms with Gasteiger partial charge in [0.1, 0.15) is 0 Å². The van der Waals surface area contributed by atoms with Gasteiger partial charge in [-0.05, 0) is 36.1 Å². The Bertz CT molecular complexity index is 754. The van der Waals surface area contributed by atoms with E-state index in [1.165, 1.54) is 0 Å². The van der Waals surface area contributed by atoms with E-state index < -0.39 is 17.6 Å². The summed E-state index contributed by atoms with van der Waals surface area (Å²) in [7, 11) is 0. The number of likely N-dealkylation sites (tertiary alicyclic amines) is 1. The van der Waals surface area contributed by atoms with Crippen molar-refractivity contribution in [3.05, 3.63) is 52.4 Å². The van der Waals surface area contributed by atoms with Crippen LogP contribution in [0.5, 0.6) is 0 Å². The summed E-state index contributed by atoms with van der Waals surface area (Å²) in [4.78, 5) is 14.1. The Balaban J connectivity index is 1.56. The second kappa shape index (κ2) is 5.88. The Hall–Kier alpha value is -1.89. The van der Waals surface area contributed by atoms with E-state index in [0.717, 1.165) is 49.4 Å². The minimum atomic E-state index is -0.696. The lowest BCUT2D eigenvalue weighted by atomic mass is 9.83. The van der Waals surface area contributed by atoms with Crippen LogP contribution in [0.3, 0.4) is 0 Å². The van der Waals surface area contributed by atoms with Gasteiger partial charge >= 0.3 is 0 Å². The van der Waals surface area contributed by atoms with Gasteiger partial charge in [-0.3, -0.25) is 9.69 Å². The normalized spacial score (nSPS) is 22.6. The van der Waals surface area contributed by atoms with Crippen LogP contribution in [-0.2, 0) is 21.7 Å². The summed E-state index contributed by atoms with van der Waals surface area (Å²) in [5.74, 6) is 0.385. The standard InChI is InChI=1S/C17H18ClN3O3/c18-11-1-2-13-14(9-11)17(23-15(13)16(19)22)4-7-21(8-5-17)10-12-3-6-20-24-12/h1-3,6,9,15H,4-5,7-8,10H2,(H2,19,22). The lowest BCUT2D eigenvalue weighted by molar-refractivity contribution is -0.148. The number of hydrogen-bond donors (Lipinski definition) is 1. The minimum Gasteiger partial charge on any atom is -0.367 e. The Labute approximate surface area is 144 Å². The number of carbonyl (C=O) groups is 1. The summed E-state index contributed by atoms with van der Waals surface area (Å²) in [5, 5.41) is 4.38. The average Bonchev–Trinajstić information content (AvgIpc) is 3.17. The number of fused-ring (bicyclic) bond motifs is 2. The number of benzene rings is 1. The van der Waals surface area contributed by atoms with E-state index in [-0.39, 0.29) is 0 Å². The molecule has 2 aliphatic heterocycles. The second-order valence-corrected chi connectivity index (χ2v) is 6.82. The van der Waals surface area contributed by atoms with Gasteiger partial charge in [0, 0.05) is 24.2 Å². The van der Waals surface area contributed by atoms with Crippen LogP contribution in [0.2, 0.25) is 5.02 Å². The number of nitrogens with zero attached hydrogens (tertiary/aromatic N) is 2. The van der Waals surface area contributed by atoms with Crippen molar-refractivity contribution in [3.63, 3.8) is 0 Å². The molecule has 2 aliphatic rings. The Morgan fingerprint density at radius 1 is 1.38 bits per heavy atom. The monoisotopic (exact) mass is 347 g/mol. The summed E-state index contributed by atoms with van der Waals surface area (Å²) in [6.07, 6.45) is 2.51. The van der Waals surface area contributed by atoms with Crippen LogP contribution >= 0.6 is 11.6 Å². The van der Waals surface area contributed by atoms with E-state index in [0.29, 0.717) is 5.02 Å². The number of halogens is 1. The third kappa shape index (κ3) is 2.60. The number of aromatic nitrogens is 1. The zero-order chi connectivity index (χ0) is 16.7. The first kappa shape index (κ1) is 15.6. The van der Waals surface area contributed by atoms with E-state index in [2.05, 4.69) is 10.1 Å². The summed E-state index contributed by atoms with van der Waals surface area (Å²) < 4.78 is 11.3. The van der Waals surface area contributed by atoms with Crippen LogP contribution in [0.15, 0.2) is 35.0 Å². The fourth-order valence-corrected chi connectivity index (χ4v) is 3.89. The Morgan fingerprint density at radius 3 is 2.83 bits per heavy atom. The van der Waals surface area contributed by atoms with E-state index in [9.17, 15) is 4.79 Å². The van der Waals surface area contributed by atoms with Crippen LogP contribution < -0.4 is 5.73 Å². The zero-order valence-corrected chi connectivity index (χ0v) is 13.8. The molecule has 0 bridgehead atoms. The first-order valence-electron chi connectivity index (χ1n) is 7.96. The fraction of sp³-hybridized carbons (Fsp3) is 0.412. The van der Waals surface area contributed by atoms with Gasteiger partial charge in [0.25, 0.3) is 5.91 Å². The molecule has 7 heteroatoms. The molecule has 24 heavy (non-hydrogen) atoms. The number of nitrogens with two attached hydrogens (primary N) is 1. The summed E-state index contributed by atoms with van der Waals surface area (Å²) in [6.45, 7) is 2.38. The molecule has 0 radical (unpaired) electrons. The van der Waals surface area contributed by atoms with E-state index >= 15 is 0 Å². The summed E-state index contributed by atoms with van der Waals surface area (Å²) in [5.41, 5.74) is 6.88. The number of rotatable bonds is 3. The number of amides is 1. The van der Waals surface area contributed by atoms with Gasteiger partial charge in [-0.1, -0.05) is 22.8 Å². The van der Waals surface area contributed by atoms with Crippen molar-refractivity contribution in [2.24, 2.45) is 5.73 Å². The molecular formula is C17H18ClN3O3. The molecule has 1 atom stereocenters. The van der Waals surface area contributed by atoms with Gasteiger partial charge in [-0.25, -0.2) is 0 Å². The smallest absolute Gasteiger partial charge is 0.251 e. The van der Waals surface area contributed by atoms with Gasteiger partial charge < -0.3 is 15.0 Å². The van der Waals surface area contributed by atoms with E-state index in [1.807, 2.05) is 18.2 Å². The quantitative estimate of drug-likeness (QED) is 0.921. The maximum Gasteiger partial charge on any atom is 0.251 e. The molecule has 0 saturated carbocycles. The Morgan fingerprint density at radius 2 is 2.17 bits per heavy atom. The molecule has 2 aromatic rings. The predicted octanol–water partition coefficient (Wildman–Crippen LogP) is 2.38. The molecule has 3 heterocycles. The molecule has 6 nitrogen and oxygen atoms in total. The highest BCUT2D eigenvalue weighted by Gasteiger charge is 2.48. The Kier molecular flexibility index (Phi) is 3.83. The molecule has 1 amide bonds. The molecule has 2 N–H and O–H groups in total. The van der Waals surface area contributed by atoms with Crippen molar-refractivity contribution in [2.45, 2.75) is 31.1 Å². The van der Waals surface area contributed by atoms with Crippen molar-refractivity contribution in [1.82, 2.24) is 10.1 Å². The SMILES string of the molecule is NC(=O)C1OC2(CCN(Cc3ccno3)CC2)c2cc(Cl)ccc21. The molecule has 1 unspecified atom stereocenters. The van der Waals surface area contributed by atoms with Crippen LogP contribution in [0, 0.1) is 0 Å². The van der Waals surface area contributed by atoms with Gasteiger partial charge in [0.05, 0.1) is 18.3 Å². The van der Waals surface area contributed by atoms with Gasteiger partial charge in [-0.15, -0.1) is 0 Å². The molecule has 1 fully saturated rings. The largest absolute Gasteiger partial charge is 0.367 e. The maximum absolute atomic E-state index is 11.8. The van der Waals surface area contributed by atoms with Gasteiger partial charge in [0.15, 0.2) is 11.9 Å². The van der Waals surface area contributed by atoms with Crippen molar-refractivity contribution in [1.29, 1.82) is 0 Å². The van der Waals surface area contributed by atoms with Gasteiger partial charge in [-0.2, -0.15) is 0 Å². The van der Waals surface area contributed by atoms with Crippen LogP contribution in [0.1, 0.15) is 35.8 Å². The average molecular weight is 348 g/mol. The van der Waals surface area contributed by atoms with Crippen molar-refractivity contribution >= 4 is 17.5 Å². The molecule has 1 aromatic carbocycles. The molecule has 1 spiro atoms. The van der Waals surface area contributed by atoms with E-state index in [1.54, 1.807) is 12.3 Å². The van der Waals surface area contributed by atoms with Crippen LogP contribution in [-0.4, -0.2) is 29.1 Å². The molecule has 126 valence electrons. The number of piperidine rings is 1. The van der Waals surface area contributed by atoms with Crippen LogP contribution in [0.25, 0.3) is 0 Å². The molecule has 4 rings (SSSR count). The summed E-state index contributed by atoms with van der Waals surface area (Å²) >= 11 is 6.18.